The fraction of sp³-hybridized carbons (Fsp3) is 0.905. The van der Waals surface area contributed by atoms with Crippen LogP contribution in [0, 0.1) is 11.8 Å². The Labute approximate surface area is 155 Å². The van der Waals surface area contributed by atoms with Crippen molar-refractivity contribution in [1.29, 1.82) is 0 Å². The Balaban J connectivity index is 2.02. The second-order valence-electron chi connectivity index (χ2n) is 10.9. The summed E-state index contributed by atoms with van der Waals surface area (Å²) in [6.45, 7) is 20.2. The van der Waals surface area contributed by atoms with Crippen molar-refractivity contribution in [3.05, 3.63) is 11.6 Å². The van der Waals surface area contributed by atoms with E-state index in [-0.39, 0.29) is 28.3 Å². The van der Waals surface area contributed by atoms with Crippen molar-refractivity contribution in [2.24, 2.45) is 11.8 Å². The van der Waals surface area contributed by atoms with E-state index in [0.29, 0.717) is 5.92 Å². The smallest absolute Gasteiger partial charge is 0.192 e. The van der Waals surface area contributed by atoms with Gasteiger partial charge < -0.3 is 14.3 Å². The SMILES string of the molecule is CC(C)[C@]12C=C3[C@@H](CC[C@@]3(C)O)[C@](C)(O1)[C@H](O[Si](C)(C)C(C)(C)C)C2. The van der Waals surface area contributed by atoms with E-state index >= 15 is 0 Å². The van der Waals surface area contributed by atoms with Gasteiger partial charge in [-0.05, 0) is 56.3 Å². The summed E-state index contributed by atoms with van der Waals surface area (Å²) in [4.78, 5) is 0. The van der Waals surface area contributed by atoms with Crippen LogP contribution in [-0.2, 0) is 9.16 Å². The highest BCUT2D eigenvalue weighted by molar-refractivity contribution is 6.74. The summed E-state index contributed by atoms with van der Waals surface area (Å²) in [7, 11) is -1.89. The zero-order chi connectivity index (χ0) is 19.1. The summed E-state index contributed by atoms with van der Waals surface area (Å²) in [6.07, 6.45) is 5.10. The van der Waals surface area contributed by atoms with E-state index in [1.54, 1.807) is 0 Å². The van der Waals surface area contributed by atoms with Crippen LogP contribution in [0.3, 0.4) is 0 Å². The molecule has 1 saturated heterocycles. The molecule has 2 bridgehead atoms. The molecule has 3 aliphatic rings. The molecule has 2 aliphatic heterocycles. The minimum absolute atomic E-state index is 0.100. The Morgan fingerprint density at radius 2 is 1.88 bits per heavy atom. The largest absolute Gasteiger partial charge is 0.411 e. The van der Waals surface area contributed by atoms with Crippen LogP contribution in [0.1, 0.15) is 67.7 Å². The Morgan fingerprint density at radius 3 is 2.40 bits per heavy atom. The van der Waals surface area contributed by atoms with Crippen molar-refractivity contribution < 1.29 is 14.3 Å². The highest BCUT2D eigenvalue weighted by Crippen LogP contribution is 2.60. The predicted molar refractivity (Wildman–Crippen MR) is 105 cm³/mol. The van der Waals surface area contributed by atoms with Crippen molar-refractivity contribution in [1.82, 2.24) is 0 Å². The molecule has 1 saturated carbocycles. The van der Waals surface area contributed by atoms with Gasteiger partial charge in [0, 0.05) is 12.3 Å². The molecule has 2 heterocycles. The van der Waals surface area contributed by atoms with Crippen molar-refractivity contribution >= 4 is 8.32 Å². The first-order valence-corrected chi connectivity index (χ1v) is 12.9. The average molecular weight is 367 g/mol. The summed E-state index contributed by atoms with van der Waals surface area (Å²) in [6, 6.07) is 0. The third-order valence-electron chi connectivity index (χ3n) is 7.78. The van der Waals surface area contributed by atoms with E-state index < -0.39 is 13.9 Å². The molecule has 144 valence electrons. The standard InChI is InChI=1S/C21H38O3Si/c1-14(2)21-12-16-15(10-11-19(16,6)22)20(7,24-21)17(13-21)23-25(8,9)18(3,4)5/h12,14-15,17,22H,10-11,13H2,1-9H3/t15-,17-,19-,20+,21-/m1/s1. The number of hydrogen-bond donors (Lipinski definition) is 1. The molecular weight excluding hydrogens is 328 g/mol. The minimum atomic E-state index is -1.89. The number of hydrogen-bond acceptors (Lipinski definition) is 3. The molecule has 0 spiro atoms. The molecule has 3 nitrogen and oxygen atoms in total. The molecule has 0 unspecified atom stereocenters. The van der Waals surface area contributed by atoms with Crippen LogP contribution < -0.4 is 0 Å². The molecule has 4 heteroatoms. The second kappa shape index (κ2) is 5.43. The van der Waals surface area contributed by atoms with Gasteiger partial charge >= 0.3 is 0 Å². The molecule has 1 aliphatic carbocycles. The van der Waals surface area contributed by atoms with Gasteiger partial charge in [0.25, 0.3) is 0 Å². The van der Waals surface area contributed by atoms with Gasteiger partial charge in [0.05, 0.1) is 22.9 Å². The van der Waals surface area contributed by atoms with E-state index in [9.17, 15) is 5.11 Å². The number of aliphatic hydroxyl groups is 1. The molecule has 0 amide bonds. The number of ether oxygens (including phenoxy) is 1. The van der Waals surface area contributed by atoms with Crippen molar-refractivity contribution in [2.45, 2.75) is 109 Å². The Hall–Kier alpha value is -0.163. The van der Waals surface area contributed by atoms with Crippen LogP contribution in [0.5, 0.6) is 0 Å². The number of rotatable bonds is 3. The van der Waals surface area contributed by atoms with Crippen molar-refractivity contribution in [3.63, 3.8) is 0 Å². The Morgan fingerprint density at radius 1 is 1.28 bits per heavy atom. The van der Waals surface area contributed by atoms with E-state index in [1.165, 1.54) is 5.57 Å². The summed E-state index contributed by atoms with van der Waals surface area (Å²) in [5, 5.41) is 11.1. The van der Waals surface area contributed by atoms with Crippen LogP contribution in [0.15, 0.2) is 11.6 Å². The van der Waals surface area contributed by atoms with Crippen LogP contribution in [0.4, 0.5) is 0 Å². The molecule has 0 radical (unpaired) electrons. The highest BCUT2D eigenvalue weighted by Gasteiger charge is 2.65. The Kier molecular flexibility index (Phi) is 4.26. The molecule has 0 aromatic heterocycles. The molecule has 5 atom stereocenters. The molecule has 0 aromatic carbocycles. The van der Waals surface area contributed by atoms with Crippen LogP contribution in [-0.4, -0.2) is 36.3 Å². The fourth-order valence-electron chi connectivity index (χ4n) is 4.82. The lowest BCUT2D eigenvalue weighted by Gasteiger charge is -2.47. The van der Waals surface area contributed by atoms with Gasteiger partial charge in [0.2, 0.25) is 0 Å². The highest BCUT2D eigenvalue weighted by atomic mass is 28.4. The fourth-order valence-corrected chi connectivity index (χ4v) is 6.20. The molecule has 2 fully saturated rings. The summed E-state index contributed by atoms with van der Waals surface area (Å²) in [5.74, 6) is 0.635. The molecule has 3 rings (SSSR count). The van der Waals surface area contributed by atoms with Crippen molar-refractivity contribution in [3.8, 4) is 0 Å². The van der Waals surface area contributed by atoms with Gasteiger partial charge in [-0.15, -0.1) is 0 Å². The maximum atomic E-state index is 11.0. The van der Waals surface area contributed by atoms with Gasteiger partial charge in [-0.25, -0.2) is 0 Å². The number of fused-ring (bicyclic) bond motifs is 4. The molecule has 0 aromatic rings. The third kappa shape index (κ3) is 2.79. The lowest BCUT2D eigenvalue weighted by atomic mass is 9.78. The first kappa shape index (κ1) is 19.6. The normalized spacial score (nSPS) is 44.2. The van der Waals surface area contributed by atoms with E-state index in [1.807, 2.05) is 6.92 Å². The predicted octanol–water partition coefficient (Wildman–Crippen LogP) is 5.05. The topological polar surface area (TPSA) is 38.7 Å². The van der Waals surface area contributed by atoms with Gasteiger partial charge in [0.15, 0.2) is 8.32 Å². The van der Waals surface area contributed by atoms with Crippen LogP contribution in [0.25, 0.3) is 0 Å². The van der Waals surface area contributed by atoms with Gasteiger partial charge in [0.1, 0.15) is 0 Å². The lowest BCUT2D eigenvalue weighted by molar-refractivity contribution is -0.143. The van der Waals surface area contributed by atoms with E-state index in [0.717, 1.165) is 19.3 Å². The zero-order valence-electron chi connectivity index (χ0n) is 17.7. The molecule has 1 N–H and O–H groups in total. The summed E-state index contributed by atoms with van der Waals surface area (Å²) in [5.41, 5.74) is -0.120. The first-order chi connectivity index (χ1) is 11.1. The van der Waals surface area contributed by atoms with E-state index in [4.69, 9.17) is 9.16 Å². The average Bonchev–Trinajstić information content (AvgIpc) is 2.84. The third-order valence-corrected chi connectivity index (χ3v) is 12.3. The van der Waals surface area contributed by atoms with E-state index in [2.05, 4.69) is 60.7 Å². The second-order valence-corrected chi connectivity index (χ2v) is 15.7. The van der Waals surface area contributed by atoms with Crippen LogP contribution >= 0.6 is 0 Å². The van der Waals surface area contributed by atoms with Crippen molar-refractivity contribution in [2.75, 3.05) is 0 Å². The summed E-state index contributed by atoms with van der Waals surface area (Å²) < 4.78 is 13.8. The molecular formula is C21H38O3Si. The monoisotopic (exact) mass is 366 g/mol. The van der Waals surface area contributed by atoms with Crippen LogP contribution in [0.2, 0.25) is 18.1 Å². The lowest BCUT2D eigenvalue weighted by Crippen LogP contribution is -2.53. The van der Waals surface area contributed by atoms with Gasteiger partial charge in [-0.3, -0.25) is 0 Å². The maximum absolute atomic E-state index is 11.0. The summed E-state index contributed by atoms with van der Waals surface area (Å²) >= 11 is 0. The molecule has 25 heavy (non-hydrogen) atoms. The Bertz CT molecular complexity index is 586. The zero-order valence-corrected chi connectivity index (χ0v) is 18.7. The maximum Gasteiger partial charge on any atom is 0.192 e. The van der Waals surface area contributed by atoms with Gasteiger partial charge in [-0.2, -0.15) is 0 Å². The quantitative estimate of drug-likeness (QED) is 0.561. The first-order valence-electron chi connectivity index (χ1n) is 9.98. The minimum Gasteiger partial charge on any atom is -0.411 e. The van der Waals surface area contributed by atoms with Gasteiger partial charge in [-0.1, -0.05) is 40.7 Å².